The normalized spacial score (nSPS) is 15.2. The zero-order chi connectivity index (χ0) is 20.6. The summed E-state index contributed by atoms with van der Waals surface area (Å²) in [6.07, 6.45) is 0. The lowest BCUT2D eigenvalue weighted by Crippen LogP contribution is -3.14. The first-order chi connectivity index (χ1) is 14.1. The van der Waals surface area contributed by atoms with Crippen molar-refractivity contribution >= 4 is 28.8 Å². The zero-order valence-corrected chi connectivity index (χ0v) is 17.5. The molecule has 3 rings (SSSR count). The molecule has 1 atom stereocenters. The molecule has 29 heavy (non-hydrogen) atoms. The fraction of sp³-hybridized carbons (Fsp3) is 0.429. The van der Waals surface area contributed by atoms with Crippen molar-refractivity contribution < 1.29 is 18.9 Å². The number of amides is 2. The first kappa shape index (κ1) is 21.3. The van der Waals surface area contributed by atoms with Crippen molar-refractivity contribution in [3.63, 3.8) is 0 Å². The molecule has 1 aromatic heterocycles. The molecule has 0 spiro atoms. The van der Waals surface area contributed by atoms with Crippen LogP contribution in [0.5, 0.6) is 0 Å². The molecular formula is C21H28FN4O2S+. The maximum atomic E-state index is 14.0. The molecule has 156 valence electrons. The number of nitrogens with zero attached hydrogens (tertiary/aromatic N) is 2. The highest BCUT2D eigenvalue weighted by atomic mass is 32.1. The van der Waals surface area contributed by atoms with Crippen molar-refractivity contribution in [1.29, 1.82) is 0 Å². The highest BCUT2D eigenvalue weighted by molar-refractivity contribution is 7.09. The number of thiophene rings is 1. The summed E-state index contributed by atoms with van der Waals surface area (Å²) in [4.78, 5) is 30.7. The number of carbonyl (C=O) groups is 2. The van der Waals surface area contributed by atoms with Crippen molar-refractivity contribution in [3.05, 3.63) is 52.5 Å². The number of anilines is 1. The molecule has 0 aliphatic carbocycles. The van der Waals surface area contributed by atoms with Crippen LogP contribution >= 0.6 is 11.3 Å². The van der Waals surface area contributed by atoms with Crippen molar-refractivity contribution in [2.24, 2.45) is 0 Å². The first-order valence-corrected chi connectivity index (χ1v) is 10.8. The Morgan fingerprint density at radius 1 is 1.10 bits per heavy atom. The van der Waals surface area contributed by atoms with Crippen LogP contribution in [-0.2, 0) is 16.1 Å². The highest BCUT2D eigenvalue weighted by Crippen LogP contribution is 2.20. The standard InChI is InChI=1S/C21H27FN4O2S/c1-2-24(15-20(27)23-14-17-6-5-13-29-17)16-21(28)26-11-9-25(10-12-26)19-8-4-3-7-18(19)22/h3-8,13H,2,9-12,14-16H2,1H3,(H,23,27)/p+1. The predicted molar refractivity (Wildman–Crippen MR) is 113 cm³/mol. The summed E-state index contributed by atoms with van der Waals surface area (Å²) in [6.45, 7) is 6.12. The summed E-state index contributed by atoms with van der Waals surface area (Å²) in [7, 11) is 0. The molecule has 6 nitrogen and oxygen atoms in total. The minimum absolute atomic E-state index is 0.0427. The van der Waals surface area contributed by atoms with E-state index in [2.05, 4.69) is 5.32 Å². The van der Waals surface area contributed by atoms with E-state index < -0.39 is 0 Å². The fourth-order valence-electron chi connectivity index (χ4n) is 3.43. The van der Waals surface area contributed by atoms with E-state index >= 15 is 0 Å². The Bertz CT molecular complexity index is 807. The smallest absolute Gasteiger partial charge is 0.277 e. The van der Waals surface area contributed by atoms with E-state index in [9.17, 15) is 14.0 Å². The van der Waals surface area contributed by atoms with Gasteiger partial charge in [0.2, 0.25) is 0 Å². The molecule has 0 bridgehead atoms. The van der Waals surface area contributed by atoms with Gasteiger partial charge in [0.1, 0.15) is 5.82 Å². The number of hydrogen-bond donors (Lipinski definition) is 2. The van der Waals surface area contributed by atoms with E-state index in [0.717, 1.165) is 9.78 Å². The van der Waals surface area contributed by atoms with Gasteiger partial charge in [0, 0.05) is 31.1 Å². The van der Waals surface area contributed by atoms with E-state index in [1.807, 2.05) is 40.3 Å². The Labute approximate surface area is 174 Å². The van der Waals surface area contributed by atoms with Gasteiger partial charge in [0.05, 0.1) is 18.8 Å². The fourth-order valence-corrected chi connectivity index (χ4v) is 4.08. The number of nitrogens with one attached hydrogen (secondary N) is 2. The Hall–Kier alpha value is -2.45. The summed E-state index contributed by atoms with van der Waals surface area (Å²) < 4.78 is 14.0. The van der Waals surface area contributed by atoms with Crippen LogP contribution in [0.4, 0.5) is 10.1 Å². The van der Waals surface area contributed by atoms with Gasteiger partial charge in [-0.2, -0.15) is 0 Å². The Morgan fingerprint density at radius 2 is 1.86 bits per heavy atom. The summed E-state index contributed by atoms with van der Waals surface area (Å²) in [5.74, 6) is -0.240. The van der Waals surface area contributed by atoms with Gasteiger partial charge in [-0.3, -0.25) is 9.59 Å². The zero-order valence-electron chi connectivity index (χ0n) is 16.7. The van der Waals surface area contributed by atoms with Gasteiger partial charge in [-0.05, 0) is 30.5 Å². The van der Waals surface area contributed by atoms with Gasteiger partial charge in [-0.25, -0.2) is 4.39 Å². The molecule has 1 aromatic carbocycles. The van der Waals surface area contributed by atoms with Crippen LogP contribution in [0.15, 0.2) is 41.8 Å². The maximum absolute atomic E-state index is 14.0. The number of piperazine rings is 1. The topological polar surface area (TPSA) is 57.1 Å². The van der Waals surface area contributed by atoms with E-state index in [1.54, 1.807) is 23.5 Å². The number of para-hydroxylation sites is 1. The molecule has 0 saturated carbocycles. The van der Waals surface area contributed by atoms with Crippen molar-refractivity contribution in [1.82, 2.24) is 10.2 Å². The molecule has 2 N–H and O–H groups in total. The summed E-state index contributed by atoms with van der Waals surface area (Å²) in [5.41, 5.74) is 0.586. The monoisotopic (exact) mass is 419 g/mol. The van der Waals surface area contributed by atoms with Gasteiger partial charge in [-0.1, -0.05) is 18.2 Å². The average Bonchev–Trinajstić information content (AvgIpc) is 3.26. The molecule has 1 aliphatic heterocycles. The largest absolute Gasteiger partial charge is 0.366 e. The summed E-state index contributed by atoms with van der Waals surface area (Å²) in [5, 5.41) is 4.90. The second kappa shape index (κ2) is 10.4. The molecule has 1 fully saturated rings. The third kappa shape index (κ3) is 6.01. The average molecular weight is 420 g/mol. The molecule has 2 aromatic rings. The molecular weight excluding hydrogens is 391 g/mol. The van der Waals surface area contributed by atoms with Crippen LogP contribution in [0, 0.1) is 5.82 Å². The Kier molecular flexibility index (Phi) is 7.60. The lowest BCUT2D eigenvalue weighted by Gasteiger charge is -2.36. The van der Waals surface area contributed by atoms with Gasteiger partial charge in [0.15, 0.2) is 13.1 Å². The number of hydrogen-bond acceptors (Lipinski definition) is 4. The summed E-state index contributed by atoms with van der Waals surface area (Å²) >= 11 is 1.61. The van der Waals surface area contributed by atoms with Gasteiger partial charge >= 0.3 is 0 Å². The highest BCUT2D eigenvalue weighted by Gasteiger charge is 2.25. The third-order valence-electron chi connectivity index (χ3n) is 5.18. The van der Waals surface area contributed by atoms with Gasteiger partial charge in [0.25, 0.3) is 11.8 Å². The predicted octanol–water partition coefficient (Wildman–Crippen LogP) is 0.757. The molecule has 8 heteroatoms. The summed E-state index contributed by atoms with van der Waals surface area (Å²) in [6, 6.07) is 10.7. The molecule has 1 saturated heterocycles. The number of benzene rings is 1. The second-order valence-corrected chi connectivity index (χ2v) is 8.16. The number of rotatable bonds is 8. The van der Waals surface area contributed by atoms with Crippen LogP contribution in [0.25, 0.3) is 0 Å². The Balaban J connectivity index is 1.44. The molecule has 1 unspecified atom stereocenters. The molecule has 2 heterocycles. The van der Waals surface area contributed by atoms with E-state index in [0.29, 0.717) is 51.5 Å². The van der Waals surface area contributed by atoms with Crippen LogP contribution in [0.1, 0.15) is 11.8 Å². The van der Waals surface area contributed by atoms with Crippen LogP contribution in [-0.4, -0.2) is 62.5 Å². The minimum Gasteiger partial charge on any atom is -0.366 e. The van der Waals surface area contributed by atoms with Crippen molar-refractivity contribution in [2.75, 3.05) is 50.7 Å². The SMILES string of the molecule is CC[NH+](CC(=O)NCc1cccs1)CC(=O)N1CCN(c2ccccc2F)CC1. The van der Waals surface area contributed by atoms with Crippen LogP contribution in [0.3, 0.4) is 0 Å². The van der Waals surface area contributed by atoms with Crippen LogP contribution in [0.2, 0.25) is 0 Å². The minimum atomic E-state index is -0.234. The number of quaternary nitrogens is 1. The molecule has 2 amide bonds. The van der Waals surface area contributed by atoms with E-state index in [4.69, 9.17) is 0 Å². The lowest BCUT2D eigenvalue weighted by molar-refractivity contribution is -0.882. The Morgan fingerprint density at radius 3 is 2.52 bits per heavy atom. The van der Waals surface area contributed by atoms with Crippen molar-refractivity contribution in [3.8, 4) is 0 Å². The van der Waals surface area contributed by atoms with Crippen LogP contribution < -0.4 is 15.1 Å². The number of halogens is 1. The first-order valence-electron chi connectivity index (χ1n) is 9.96. The van der Waals surface area contributed by atoms with Crippen molar-refractivity contribution in [2.45, 2.75) is 13.5 Å². The van der Waals surface area contributed by atoms with E-state index in [-0.39, 0.29) is 24.2 Å². The van der Waals surface area contributed by atoms with Gasteiger partial charge < -0.3 is 20.0 Å². The maximum Gasteiger partial charge on any atom is 0.277 e. The quantitative estimate of drug-likeness (QED) is 0.664. The third-order valence-corrected chi connectivity index (χ3v) is 6.05. The van der Waals surface area contributed by atoms with Gasteiger partial charge in [-0.15, -0.1) is 11.3 Å². The molecule has 0 radical (unpaired) electrons. The number of carbonyl (C=O) groups excluding carboxylic acids is 2. The van der Waals surface area contributed by atoms with E-state index in [1.165, 1.54) is 6.07 Å². The number of likely N-dealkylation sites (N-methyl/N-ethyl adjacent to an activating group) is 1. The molecule has 1 aliphatic rings. The lowest BCUT2D eigenvalue weighted by atomic mass is 10.2. The second-order valence-electron chi connectivity index (χ2n) is 7.13.